The van der Waals surface area contributed by atoms with E-state index in [1.54, 1.807) is 0 Å². The topological polar surface area (TPSA) is 24.9 Å². The van der Waals surface area contributed by atoms with Crippen molar-refractivity contribution in [3.8, 4) is 0 Å². The zero-order valence-corrected chi connectivity index (χ0v) is 11.9. The molecule has 2 nitrogen and oxygen atoms in total. The molecule has 0 radical (unpaired) electrons. The number of fused-ring (bicyclic) bond motifs is 1. The van der Waals surface area contributed by atoms with Gasteiger partial charge in [-0.25, -0.2) is 0 Å². The molecule has 3 aromatic rings. The number of benzene rings is 2. The monoisotopic (exact) mass is 274 g/mol. The maximum atomic E-state index is 4.36. The van der Waals surface area contributed by atoms with Crippen LogP contribution in [0.4, 0.5) is 5.69 Å². The summed E-state index contributed by atoms with van der Waals surface area (Å²) in [5, 5.41) is 4.73. The highest BCUT2D eigenvalue weighted by Gasteiger charge is 2.25. The van der Waals surface area contributed by atoms with Crippen molar-refractivity contribution in [3.05, 3.63) is 71.9 Å². The molecule has 1 heterocycles. The van der Waals surface area contributed by atoms with E-state index < -0.39 is 0 Å². The van der Waals surface area contributed by atoms with Gasteiger partial charge in [0.1, 0.15) is 0 Å². The Bertz CT molecular complexity index is 775. The normalized spacial score (nSPS) is 14.3. The van der Waals surface area contributed by atoms with Crippen LogP contribution >= 0.6 is 0 Å². The second-order valence-electron chi connectivity index (χ2n) is 5.74. The van der Waals surface area contributed by atoms with Gasteiger partial charge in [0.2, 0.25) is 0 Å². The third-order valence-corrected chi connectivity index (χ3v) is 4.16. The minimum Gasteiger partial charge on any atom is -0.381 e. The lowest BCUT2D eigenvalue weighted by atomic mass is 10.0. The zero-order valence-electron chi connectivity index (χ0n) is 11.9. The Kier molecular flexibility index (Phi) is 3.07. The third-order valence-electron chi connectivity index (χ3n) is 4.16. The van der Waals surface area contributed by atoms with E-state index in [-0.39, 0.29) is 0 Å². The predicted molar refractivity (Wildman–Crippen MR) is 87.5 cm³/mol. The van der Waals surface area contributed by atoms with Gasteiger partial charge < -0.3 is 5.32 Å². The number of anilines is 1. The Labute approximate surface area is 124 Å². The number of pyridine rings is 1. The average molecular weight is 274 g/mol. The first-order chi connectivity index (χ1) is 10.4. The van der Waals surface area contributed by atoms with Gasteiger partial charge in [-0.15, -0.1) is 0 Å². The molecule has 104 valence electrons. The number of nitrogens with zero attached hydrogens (tertiary/aromatic N) is 1. The number of nitrogens with one attached hydrogen (secondary N) is 1. The van der Waals surface area contributed by atoms with Gasteiger partial charge in [0.15, 0.2) is 0 Å². The van der Waals surface area contributed by atoms with Crippen molar-refractivity contribution >= 4 is 16.6 Å². The molecule has 1 aliphatic carbocycles. The molecule has 0 bridgehead atoms. The summed E-state index contributed by atoms with van der Waals surface area (Å²) >= 11 is 0. The lowest BCUT2D eigenvalue weighted by Gasteiger charge is -2.11. The predicted octanol–water partition coefficient (Wildman–Crippen LogP) is 4.72. The highest BCUT2D eigenvalue weighted by atomic mass is 14.9. The summed E-state index contributed by atoms with van der Waals surface area (Å²) in [6, 6.07) is 19.2. The molecule has 0 spiro atoms. The minimum atomic E-state index is 0.795. The average Bonchev–Trinajstić information content (AvgIpc) is 3.38. The van der Waals surface area contributed by atoms with Crippen LogP contribution in [-0.4, -0.2) is 4.98 Å². The van der Waals surface area contributed by atoms with Gasteiger partial charge in [0.05, 0.1) is 5.52 Å². The largest absolute Gasteiger partial charge is 0.381 e. The van der Waals surface area contributed by atoms with Crippen LogP contribution in [0.5, 0.6) is 0 Å². The fourth-order valence-electron chi connectivity index (χ4n) is 2.87. The van der Waals surface area contributed by atoms with Crippen molar-refractivity contribution < 1.29 is 0 Å². The van der Waals surface area contributed by atoms with Gasteiger partial charge in [0, 0.05) is 23.8 Å². The summed E-state index contributed by atoms with van der Waals surface area (Å²) in [4.78, 5) is 4.36. The van der Waals surface area contributed by atoms with Gasteiger partial charge >= 0.3 is 0 Å². The van der Waals surface area contributed by atoms with Crippen LogP contribution in [0.25, 0.3) is 10.9 Å². The Balaban J connectivity index is 1.55. The van der Waals surface area contributed by atoms with E-state index in [1.807, 2.05) is 12.3 Å². The van der Waals surface area contributed by atoms with Crippen LogP contribution in [0.1, 0.15) is 29.9 Å². The Hall–Kier alpha value is -2.35. The number of aromatic nitrogens is 1. The first-order valence-electron chi connectivity index (χ1n) is 7.56. The fraction of sp³-hybridized carbons (Fsp3) is 0.211. The molecule has 2 heteroatoms. The minimum absolute atomic E-state index is 0.795. The van der Waals surface area contributed by atoms with Crippen molar-refractivity contribution in [2.45, 2.75) is 25.3 Å². The first kappa shape index (κ1) is 12.4. The Morgan fingerprint density at radius 1 is 1.00 bits per heavy atom. The molecule has 0 unspecified atom stereocenters. The molecule has 4 rings (SSSR count). The van der Waals surface area contributed by atoms with E-state index in [0.717, 1.165) is 23.7 Å². The second kappa shape index (κ2) is 5.21. The molecule has 0 atom stereocenters. The van der Waals surface area contributed by atoms with Crippen LogP contribution in [0.2, 0.25) is 0 Å². The Morgan fingerprint density at radius 3 is 2.81 bits per heavy atom. The number of hydrogen-bond donors (Lipinski definition) is 1. The van der Waals surface area contributed by atoms with Crippen molar-refractivity contribution in [1.82, 2.24) is 4.98 Å². The Morgan fingerprint density at radius 2 is 1.90 bits per heavy atom. The smallest absolute Gasteiger partial charge is 0.0703 e. The summed E-state index contributed by atoms with van der Waals surface area (Å²) in [6.45, 7) is 0.887. The third kappa shape index (κ3) is 2.62. The summed E-state index contributed by atoms with van der Waals surface area (Å²) in [5.74, 6) is 0.795. The second-order valence-corrected chi connectivity index (χ2v) is 5.74. The lowest BCUT2D eigenvalue weighted by molar-refractivity contribution is 1.04. The number of hydrogen-bond acceptors (Lipinski definition) is 2. The van der Waals surface area contributed by atoms with Gasteiger partial charge in [-0.2, -0.15) is 0 Å². The highest BCUT2D eigenvalue weighted by Crippen LogP contribution is 2.41. The SMILES string of the molecule is c1ccc(C2CC2)c(CNc2ccc3ncccc3c2)c1. The standard InChI is InChI=1S/C19H18N2/c1-2-6-18(14-7-8-14)16(4-1)13-21-17-9-10-19-15(12-17)5-3-11-20-19/h1-6,9-12,14,21H,7-8,13H2. The molecular formula is C19H18N2. The molecule has 1 saturated carbocycles. The fourth-order valence-corrected chi connectivity index (χ4v) is 2.87. The summed E-state index contributed by atoms with van der Waals surface area (Å²) in [5.41, 5.74) is 5.14. The van der Waals surface area contributed by atoms with E-state index in [2.05, 4.69) is 58.8 Å². The maximum absolute atomic E-state index is 4.36. The first-order valence-corrected chi connectivity index (χ1v) is 7.56. The highest BCUT2D eigenvalue weighted by molar-refractivity contribution is 5.82. The molecule has 1 aliphatic rings. The summed E-state index contributed by atoms with van der Waals surface area (Å²) < 4.78 is 0. The zero-order chi connectivity index (χ0) is 14.1. The molecule has 1 fully saturated rings. The molecule has 1 aromatic heterocycles. The molecule has 1 N–H and O–H groups in total. The maximum Gasteiger partial charge on any atom is 0.0703 e. The van der Waals surface area contributed by atoms with Crippen molar-refractivity contribution in [1.29, 1.82) is 0 Å². The molecule has 0 amide bonds. The van der Waals surface area contributed by atoms with E-state index in [4.69, 9.17) is 0 Å². The van der Waals surface area contributed by atoms with Crippen LogP contribution < -0.4 is 5.32 Å². The molecule has 0 saturated heterocycles. The van der Waals surface area contributed by atoms with Crippen LogP contribution in [0.15, 0.2) is 60.8 Å². The molecule has 0 aliphatic heterocycles. The van der Waals surface area contributed by atoms with Gasteiger partial charge in [-0.3, -0.25) is 4.98 Å². The van der Waals surface area contributed by atoms with Crippen LogP contribution in [-0.2, 0) is 6.54 Å². The van der Waals surface area contributed by atoms with E-state index in [1.165, 1.54) is 29.4 Å². The van der Waals surface area contributed by atoms with Gasteiger partial charge in [-0.1, -0.05) is 30.3 Å². The van der Waals surface area contributed by atoms with Gasteiger partial charge in [-0.05, 0) is 54.2 Å². The van der Waals surface area contributed by atoms with E-state index >= 15 is 0 Å². The summed E-state index contributed by atoms with van der Waals surface area (Å²) in [6.07, 6.45) is 4.53. The van der Waals surface area contributed by atoms with E-state index in [0.29, 0.717) is 0 Å². The quantitative estimate of drug-likeness (QED) is 0.744. The van der Waals surface area contributed by atoms with Crippen LogP contribution in [0.3, 0.4) is 0 Å². The molecular weight excluding hydrogens is 256 g/mol. The van der Waals surface area contributed by atoms with E-state index in [9.17, 15) is 0 Å². The van der Waals surface area contributed by atoms with Crippen molar-refractivity contribution in [3.63, 3.8) is 0 Å². The van der Waals surface area contributed by atoms with Gasteiger partial charge in [0.25, 0.3) is 0 Å². The molecule has 21 heavy (non-hydrogen) atoms. The lowest BCUT2D eigenvalue weighted by Crippen LogP contribution is -2.02. The van der Waals surface area contributed by atoms with Crippen LogP contribution in [0, 0.1) is 0 Å². The van der Waals surface area contributed by atoms with Crippen molar-refractivity contribution in [2.24, 2.45) is 0 Å². The number of rotatable bonds is 4. The van der Waals surface area contributed by atoms with Crippen molar-refractivity contribution in [2.75, 3.05) is 5.32 Å². The summed E-state index contributed by atoms with van der Waals surface area (Å²) in [7, 11) is 0. The molecule has 2 aromatic carbocycles.